The van der Waals surface area contributed by atoms with E-state index in [1.807, 2.05) is 6.92 Å². The standard InChI is InChI=1S/C14H18FN3O/c1-4-5-11-13(16)14(18(3)17-11)19-12-8-10(15)7-6-9(12)2/h6-8H,4-5,16H2,1-3H3. The van der Waals surface area contributed by atoms with Gasteiger partial charge in [-0.3, -0.25) is 0 Å². The van der Waals surface area contributed by atoms with E-state index in [4.69, 9.17) is 10.5 Å². The van der Waals surface area contributed by atoms with Crippen molar-refractivity contribution < 1.29 is 9.13 Å². The maximum atomic E-state index is 13.2. The summed E-state index contributed by atoms with van der Waals surface area (Å²) in [4.78, 5) is 0. The van der Waals surface area contributed by atoms with Gasteiger partial charge in [0, 0.05) is 13.1 Å². The van der Waals surface area contributed by atoms with Crippen molar-refractivity contribution in [2.75, 3.05) is 5.73 Å². The van der Waals surface area contributed by atoms with Crippen LogP contribution in [0.5, 0.6) is 11.6 Å². The van der Waals surface area contributed by atoms with Crippen LogP contribution in [0.4, 0.5) is 10.1 Å². The first-order chi connectivity index (χ1) is 9.02. The lowest BCUT2D eigenvalue weighted by Gasteiger charge is -2.09. The Balaban J connectivity index is 2.35. The summed E-state index contributed by atoms with van der Waals surface area (Å²) in [6, 6.07) is 4.42. The van der Waals surface area contributed by atoms with E-state index < -0.39 is 0 Å². The highest BCUT2D eigenvalue weighted by Gasteiger charge is 2.15. The molecule has 0 aliphatic rings. The van der Waals surface area contributed by atoms with Gasteiger partial charge in [-0.1, -0.05) is 19.4 Å². The van der Waals surface area contributed by atoms with Gasteiger partial charge < -0.3 is 10.5 Å². The molecule has 5 heteroatoms. The number of anilines is 1. The Morgan fingerprint density at radius 1 is 1.42 bits per heavy atom. The molecule has 0 radical (unpaired) electrons. The Morgan fingerprint density at radius 2 is 2.16 bits per heavy atom. The molecule has 0 saturated carbocycles. The molecule has 0 saturated heterocycles. The summed E-state index contributed by atoms with van der Waals surface area (Å²) in [5, 5.41) is 4.32. The number of benzene rings is 1. The maximum absolute atomic E-state index is 13.2. The molecule has 102 valence electrons. The zero-order valence-corrected chi connectivity index (χ0v) is 11.4. The van der Waals surface area contributed by atoms with Gasteiger partial charge in [-0.2, -0.15) is 5.10 Å². The molecule has 2 rings (SSSR count). The third kappa shape index (κ3) is 2.70. The molecule has 0 unspecified atom stereocenters. The van der Waals surface area contributed by atoms with Crippen molar-refractivity contribution >= 4 is 5.69 Å². The monoisotopic (exact) mass is 263 g/mol. The summed E-state index contributed by atoms with van der Waals surface area (Å²) in [5.74, 6) is 0.574. The Hall–Kier alpha value is -2.04. The molecule has 0 atom stereocenters. The summed E-state index contributed by atoms with van der Waals surface area (Å²) in [6.07, 6.45) is 1.75. The number of aromatic nitrogens is 2. The van der Waals surface area contributed by atoms with Gasteiger partial charge in [0.1, 0.15) is 17.3 Å². The fraction of sp³-hybridized carbons (Fsp3) is 0.357. The van der Waals surface area contributed by atoms with E-state index in [2.05, 4.69) is 12.0 Å². The van der Waals surface area contributed by atoms with Gasteiger partial charge in [-0.15, -0.1) is 0 Å². The second-order valence-electron chi connectivity index (χ2n) is 4.55. The van der Waals surface area contributed by atoms with Gasteiger partial charge in [0.2, 0.25) is 5.88 Å². The SMILES string of the molecule is CCCc1nn(C)c(Oc2cc(F)ccc2C)c1N. The van der Waals surface area contributed by atoms with Gasteiger partial charge in [0.05, 0.1) is 5.69 Å². The third-order valence-corrected chi connectivity index (χ3v) is 2.95. The first-order valence-electron chi connectivity index (χ1n) is 6.28. The zero-order chi connectivity index (χ0) is 14.0. The van der Waals surface area contributed by atoms with Gasteiger partial charge in [-0.25, -0.2) is 9.07 Å². The Labute approximate surface area is 112 Å². The maximum Gasteiger partial charge on any atom is 0.241 e. The highest BCUT2D eigenvalue weighted by Crippen LogP contribution is 2.32. The van der Waals surface area contributed by atoms with E-state index >= 15 is 0 Å². The topological polar surface area (TPSA) is 53.1 Å². The van der Waals surface area contributed by atoms with E-state index in [-0.39, 0.29) is 5.82 Å². The number of ether oxygens (including phenoxy) is 1. The summed E-state index contributed by atoms with van der Waals surface area (Å²) in [7, 11) is 1.76. The number of aryl methyl sites for hydroxylation is 3. The van der Waals surface area contributed by atoms with Crippen molar-refractivity contribution in [2.24, 2.45) is 7.05 Å². The van der Waals surface area contributed by atoms with Gasteiger partial charge in [0.15, 0.2) is 0 Å². The Bertz CT molecular complexity index is 593. The van der Waals surface area contributed by atoms with Crippen molar-refractivity contribution in [2.45, 2.75) is 26.7 Å². The van der Waals surface area contributed by atoms with Crippen molar-refractivity contribution in [3.05, 3.63) is 35.3 Å². The molecule has 1 aromatic heterocycles. The number of hydrogen-bond donors (Lipinski definition) is 1. The van der Waals surface area contributed by atoms with Crippen LogP contribution in [0.2, 0.25) is 0 Å². The fourth-order valence-electron chi connectivity index (χ4n) is 1.91. The van der Waals surface area contributed by atoms with E-state index in [0.29, 0.717) is 17.3 Å². The summed E-state index contributed by atoms with van der Waals surface area (Å²) < 4.78 is 20.5. The Morgan fingerprint density at radius 3 is 2.84 bits per heavy atom. The zero-order valence-electron chi connectivity index (χ0n) is 11.4. The van der Waals surface area contributed by atoms with Crippen molar-refractivity contribution in [1.82, 2.24) is 9.78 Å². The summed E-state index contributed by atoms with van der Waals surface area (Å²) >= 11 is 0. The number of hydrogen-bond acceptors (Lipinski definition) is 3. The average Bonchev–Trinajstić information content (AvgIpc) is 2.62. The number of nitrogens with zero attached hydrogens (tertiary/aromatic N) is 2. The van der Waals surface area contributed by atoms with E-state index in [0.717, 1.165) is 24.1 Å². The quantitative estimate of drug-likeness (QED) is 0.921. The lowest BCUT2D eigenvalue weighted by Crippen LogP contribution is -1.98. The number of halogens is 1. The van der Waals surface area contributed by atoms with Crippen LogP contribution in [-0.4, -0.2) is 9.78 Å². The van der Waals surface area contributed by atoms with Crippen LogP contribution in [0.15, 0.2) is 18.2 Å². The minimum Gasteiger partial charge on any atom is -0.437 e. The van der Waals surface area contributed by atoms with Crippen molar-refractivity contribution in [1.29, 1.82) is 0 Å². The van der Waals surface area contributed by atoms with Crippen LogP contribution in [-0.2, 0) is 13.5 Å². The van der Waals surface area contributed by atoms with E-state index in [1.54, 1.807) is 17.8 Å². The normalized spacial score (nSPS) is 10.7. The molecule has 1 heterocycles. The first kappa shape index (κ1) is 13.4. The molecular weight excluding hydrogens is 245 g/mol. The van der Waals surface area contributed by atoms with Gasteiger partial charge in [-0.05, 0) is 25.0 Å². The highest BCUT2D eigenvalue weighted by molar-refractivity contribution is 5.55. The molecular formula is C14H18FN3O. The van der Waals surface area contributed by atoms with Crippen LogP contribution in [0, 0.1) is 12.7 Å². The Kier molecular flexibility index (Phi) is 3.74. The molecule has 0 aliphatic carbocycles. The number of nitrogen functional groups attached to an aromatic ring is 1. The molecule has 0 amide bonds. The second kappa shape index (κ2) is 5.30. The molecule has 2 N–H and O–H groups in total. The fourth-order valence-corrected chi connectivity index (χ4v) is 1.91. The molecule has 0 aliphatic heterocycles. The van der Waals surface area contributed by atoms with Gasteiger partial charge in [0.25, 0.3) is 0 Å². The molecule has 0 spiro atoms. The molecule has 4 nitrogen and oxygen atoms in total. The molecule has 0 fully saturated rings. The van der Waals surface area contributed by atoms with Crippen LogP contribution in [0.3, 0.4) is 0 Å². The predicted octanol–water partition coefficient (Wildman–Crippen LogP) is 3.19. The highest BCUT2D eigenvalue weighted by atomic mass is 19.1. The van der Waals surface area contributed by atoms with Crippen molar-refractivity contribution in [3.63, 3.8) is 0 Å². The average molecular weight is 263 g/mol. The van der Waals surface area contributed by atoms with Crippen LogP contribution < -0.4 is 10.5 Å². The van der Waals surface area contributed by atoms with Crippen LogP contribution in [0.1, 0.15) is 24.6 Å². The largest absolute Gasteiger partial charge is 0.437 e. The molecule has 0 bridgehead atoms. The van der Waals surface area contributed by atoms with Crippen molar-refractivity contribution in [3.8, 4) is 11.6 Å². The molecule has 1 aromatic carbocycles. The predicted molar refractivity (Wildman–Crippen MR) is 72.8 cm³/mol. The molecule has 19 heavy (non-hydrogen) atoms. The smallest absolute Gasteiger partial charge is 0.241 e. The first-order valence-corrected chi connectivity index (χ1v) is 6.28. The van der Waals surface area contributed by atoms with Crippen LogP contribution in [0.25, 0.3) is 0 Å². The van der Waals surface area contributed by atoms with E-state index in [1.165, 1.54) is 12.1 Å². The minimum absolute atomic E-state index is 0.338. The molecule has 2 aromatic rings. The number of rotatable bonds is 4. The minimum atomic E-state index is -0.338. The summed E-state index contributed by atoms with van der Waals surface area (Å²) in [6.45, 7) is 3.92. The summed E-state index contributed by atoms with van der Waals surface area (Å²) in [5.41, 5.74) is 8.21. The van der Waals surface area contributed by atoms with Crippen LogP contribution >= 0.6 is 0 Å². The number of nitrogens with two attached hydrogens (primary N) is 1. The third-order valence-electron chi connectivity index (χ3n) is 2.95. The second-order valence-corrected chi connectivity index (χ2v) is 4.55. The lowest BCUT2D eigenvalue weighted by molar-refractivity contribution is 0.426. The lowest BCUT2D eigenvalue weighted by atomic mass is 10.2. The van der Waals surface area contributed by atoms with Gasteiger partial charge >= 0.3 is 0 Å². The van der Waals surface area contributed by atoms with E-state index in [9.17, 15) is 4.39 Å².